The Morgan fingerprint density at radius 3 is 2.41 bits per heavy atom. The first-order valence-electron chi connectivity index (χ1n) is 12.6. The van der Waals surface area contributed by atoms with Crippen molar-refractivity contribution in [2.45, 2.75) is 76.1 Å². The molecule has 0 spiro atoms. The van der Waals surface area contributed by atoms with Gasteiger partial charge in [0.15, 0.2) is 0 Å². The van der Waals surface area contributed by atoms with Gasteiger partial charge < -0.3 is 15.2 Å². The number of alkyl halides is 3. The molecular weight excluding hydrogens is 501 g/mol. The number of ether oxygens (including phenoxy) is 1. The summed E-state index contributed by atoms with van der Waals surface area (Å²) in [5.41, 5.74) is 1.97. The van der Waals surface area contributed by atoms with E-state index in [-0.39, 0.29) is 17.7 Å². The summed E-state index contributed by atoms with van der Waals surface area (Å²) in [6, 6.07) is 15.0. The highest BCUT2D eigenvalue weighted by atomic mass is 32.2. The molecule has 0 aliphatic rings. The number of benzene rings is 2. The van der Waals surface area contributed by atoms with Crippen molar-refractivity contribution in [2.75, 3.05) is 20.1 Å². The largest absolute Gasteiger partial charge is 0.573 e. The molecule has 0 unspecified atom stereocenters. The van der Waals surface area contributed by atoms with Gasteiger partial charge in [-0.25, -0.2) is 4.31 Å². The fraction of sp³-hybridized carbons (Fsp3) is 0.536. The van der Waals surface area contributed by atoms with E-state index in [2.05, 4.69) is 55.1 Å². The van der Waals surface area contributed by atoms with Crippen LogP contribution < -0.4 is 10.1 Å². The smallest absolute Gasteiger partial charge is 0.481 e. The van der Waals surface area contributed by atoms with Crippen LogP contribution in [0.2, 0.25) is 0 Å². The predicted octanol–water partition coefficient (Wildman–Crippen LogP) is 6.96. The topological polar surface area (TPSA) is 61.8 Å². The van der Waals surface area contributed by atoms with E-state index in [0.29, 0.717) is 29.2 Å². The summed E-state index contributed by atoms with van der Waals surface area (Å²) in [5.74, 6) is -0.905. The highest BCUT2D eigenvalue weighted by Gasteiger charge is 2.31. The maximum Gasteiger partial charge on any atom is 0.573 e. The Labute approximate surface area is 222 Å². The molecular formula is C28H39F3N2O3S. The molecule has 2 aromatic carbocycles. The van der Waals surface area contributed by atoms with Crippen molar-refractivity contribution < 1.29 is 27.8 Å². The number of carboxylic acid groups (broad SMARTS) is 1. The second-order valence-electron chi connectivity index (χ2n) is 10.2. The van der Waals surface area contributed by atoms with Crippen LogP contribution in [0.5, 0.6) is 5.75 Å². The normalized spacial score (nSPS) is 13.1. The minimum atomic E-state index is -4.79. The first-order valence-corrected chi connectivity index (χ1v) is 13.4. The van der Waals surface area contributed by atoms with E-state index in [0.717, 1.165) is 32.4 Å². The lowest BCUT2D eigenvalue weighted by Crippen LogP contribution is -2.43. The minimum Gasteiger partial charge on any atom is -0.481 e. The molecule has 2 aromatic rings. The predicted molar refractivity (Wildman–Crippen MR) is 143 cm³/mol. The van der Waals surface area contributed by atoms with Gasteiger partial charge >= 0.3 is 12.3 Å². The fourth-order valence-corrected chi connectivity index (χ4v) is 5.16. The number of nitrogens with zero attached hydrogens (tertiary/aromatic N) is 1. The fourth-order valence-electron chi connectivity index (χ4n) is 4.10. The Hall–Kier alpha value is -2.23. The summed E-state index contributed by atoms with van der Waals surface area (Å²) >= 11 is 1.35. The van der Waals surface area contributed by atoms with Crippen LogP contribution in [0.3, 0.4) is 0 Å². The summed E-state index contributed by atoms with van der Waals surface area (Å²) in [6.45, 7) is 8.12. The van der Waals surface area contributed by atoms with E-state index in [1.807, 2.05) is 17.4 Å². The van der Waals surface area contributed by atoms with Crippen molar-refractivity contribution in [3.63, 3.8) is 0 Å². The van der Waals surface area contributed by atoms with Crippen LogP contribution in [-0.4, -0.2) is 47.4 Å². The summed E-state index contributed by atoms with van der Waals surface area (Å²) in [6.07, 6.45) is -0.931. The summed E-state index contributed by atoms with van der Waals surface area (Å²) in [4.78, 5) is 11.4. The minimum absolute atomic E-state index is 0.00285. The summed E-state index contributed by atoms with van der Waals surface area (Å²) in [7, 11) is 1.91. The molecule has 1 atom stereocenters. The highest BCUT2D eigenvalue weighted by molar-refractivity contribution is 7.97. The van der Waals surface area contributed by atoms with Crippen molar-refractivity contribution in [1.82, 2.24) is 9.62 Å². The Balaban J connectivity index is 1.87. The molecule has 9 heteroatoms. The van der Waals surface area contributed by atoms with Crippen molar-refractivity contribution in [2.24, 2.45) is 5.92 Å². The average molecular weight is 541 g/mol. The van der Waals surface area contributed by atoms with Crippen LogP contribution in [0, 0.1) is 5.92 Å². The van der Waals surface area contributed by atoms with E-state index >= 15 is 0 Å². The molecule has 0 saturated carbocycles. The molecule has 0 radical (unpaired) electrons. The van der Waals surface area contributed by atoms with Crippen LogP contribution in [-0.2, 0) is 17.6 Å². The number of carbonyl (C=O) groups is 1. The first-order chi connectivity index (χ1) is 17.3. The lowest BCUT2D eigenvalue weighted by Gasteiger charge is -2.29. The third-order valence-corrected chi connectivity index (χ3v) is 6.81. The molecule has 0 aliphatic carbocycles. The number of carboxylic acids is 1. The highest BCUT2D eigenvalue weighted by Crippen LogP contribution is 2.31. The van der Waals surface area contributed by atoms with E-state index in [1.54, 1.807) is 6.07 Å². The second kappa shape index (κ2) is 14.6. The molecule has 0 aliphatic heterocycles. The van der Waals surface area contributed by atoms with Gasteiger partial charge in [0.2, 0.25) is 0 Å². The average Bonchev–Trinajstić information content (AvgIpc) is 2.77. The van der Waals surface area contributed by atoms with E-state index in [1.165, 1.54) is 29.6 Å². The van der Waals surface area contributed by atoms with Gasteiger partial charge in [-0.15, -0.1) is 13.2 Å². The number of rotatable bonds is 16. The van der Waals surface area contributed by atoms with Gasteiger partial charge in [-0.1, -0.05) is 37.3 Å². The second-order valence-corrected chi connectivity index (χ2v) is 11.5. The zero-order chi connectivity index (χ0) is 27.5. The van der Waals surface area contributed by atoms with Crippen molar-refractivity contribution in [3.8, 4) is 5.75 Å². The van der Waals surface area contributed by atoms with E-state index < -0.39 is 12.3 Å². The Bertz CT molecular complexity index is 971. The molecule has 206 valence electrons. The number of hydrogen-bond acceptors (Lipinski definition) is 5. The monoisotopic (exact) mass is 540 g/mol. The Morgan fingerprint density at radius 1 is 1.08 bits per heavy atom. The van der Waals surface area contributed by atoms with Gasteiger partial charge in [0.05, 0.1) is 0 Å². The third-order valence-electron chi connectivity index (χ3n) is 5.90. The van der Waals surface area contributed by atoms with E-state index in [4.69, 9.17) is 5.11 Å². The molecule has 0 saturated heterocycles. The molecule has 0 amide bonds. The van der Waals surface area contributed by atoms with Crippen molar-refractivity contribution in [3.05, 3.63) is 59.7 Å². The van der Waals surface area contributed by atoms with Gasteiger partial charge in [-0.2, -0.15) is 0 Å². The number of halogens is 3. The van der Waals surface area contributed by atoms with Crippen LogP contribution in [0.1, 0.15) is 57.6 Å². The lowest BCUT2D eigenvalue weighted by molar-refractivity contribution is -0.274. The van der Waals surface area contributed by atoms with Gasteiger partial charge in [0.1, 0.15) is 5.75 Å². The van der Waals surface area contributed by atoms with Crippen LogP contribution in [0.4, 0.5) is 13.2 Å². The molecule has 0 bridgehead atoms. The number of nitrogens with one attached hydrogen (secondary N) is 1. The molecule has 0 aromatic heterocycles. The van der Waals surface area contributed by atoms with Crippen LogP contribution in [0.25, 0.3) is 0 Å². The standard InChI is InChI=1S/C28H39F3N2O3S/c1-21(19-32-27(2,3)15-9-13-22-10-6-5-7-11-22)20-33(4)37-25-17-23(12-8-14-26(34)35)16-24(18-25)36-28(29,30)31/h5-7,10-11,16-18,21,32H,8-9,12-15,19-20H2,1-4H3,(H,34,35)/t21-/m1/s1. The van der Waals surface area contributed by atoms with Crippen molar-refractivity contribution >= 4 is 17.9 Å². The van der Waals surface area contributed by atoms with Crippen LogP contribution in [0.15, 0.2) is 53.4 Å². The number of aliphatic carboxylic acids is 1. The molecule has 5 nitrogen and oxygen atoms in total. The van der Waals surface area contributed by atoms with Gasteiger partial charge in [-0.05, 0) is 107 Å². The Kier molecular flexibility index (Phi) is 12.3. The maximum atomic E-state index is 12.8. The molecule has 2 rings (SSSR count). The quantitative estimate of drug-likeness (QED) is 0.225. The third kappa shape index (κ3) is 13.8. The summed E-state index contributed by atoms with van der Waals surface area (Å²) in [5, 5.41) is 12.5. The molecule has 2 N–H and O–H groups in total. The van der Waals surface area contributed by atoms with Crippen LogP contribution >= 0.6 is 11.9 Å². The van der Waals surface area contributed by atoms with E-state index in [9.17, 15) is 18.0 Å². The number of aryl methyl sites for hydroxylation is 2. The number of hydrogen-bond donors (Lipinski definition) is 2. The maximum absolute atomic E-state index is 12.8. The van der Waals surface area contributed by atoms with Gasteiger partial charge in [0, 0.05) is 23.4 Å². The zero-order valence-electron chi connectivity index (χ0n) is 22.1. The molecule has 0 heterocycles. The van der Waals surface area contributed by atoms with Crippen molar-refractivity contribution in [1.29, 1.82) is 0 Å². The SMILES string of the molecule is C[C@H](CNC(C)(C)CCCc1ccccc1)CN(C)Sc1cc(CCCC(=O)O)cc(OC(F)(F)F)c1. The first kappa shape index (κ1) is 31.0. The Morgan fingerprint density at radius 2 is 1.76 bits per heavy atom. The van der Waals surface area contributed by atoms with Gasteiger partial charge in [0.25, 0.3) is 0 Å². The van der Waals surface area contributed by atoms with Gasteiger partial charge in [-0.3, -0.25) is 4.79 Å². The molecule has 37 heavy (non-hydrogen) atoms. The lowest BCUT2D eigenvalue weighted by atomic mass is 9.95. The zero-order valence-corrected chi connectivity index (χ0v) is 22.9. The summed E-state index contributed by atoms with van der Waals surface area (Å²) < 4.78 is 44.6. The molecule has 0 fully saturated rings.